The Morgan fingerprint density at radius 1 is 1.48 bits per heavy atom. The van der Waals surface area contributed by atoms with E-state index in [4.69, 9.17) is 0 Å². The van der Waals surface area contributed by atoms with Crippen LogP contribution >= 0.6 is 24.2 Å². The molecule has 0 spiro atoms. The SMILES string of the molecule is CC(C)(C)N1CC(NC(=O)CC2CSCCN2)CC1=O.Cl. The molecule has 2 atom stereocenters. The molecule has 21 heavy (non-hydrogen) atoms. The van der Waals surface area contributed by atoms with E-state index in [9.17, 15) is 9.59 Å². The highest BCUT2D eigenvalue weighted by atomic mass is 35.5. The summed E-state index contributed by atoms with van der Waals surface area (Å²) in [5.41, 5.74) is -0.169. The molecule has 0 saturated carbocycles. The summed E-state index contributed by atoms with van der Waals surface area (Å²) in [7, 11) is 0. The van der Waals surface area contributed by atoms with Gasteiger partial charge in [-0.25, -0.2) is 0 Å². The molecule has 0 radical (unpaired) electrons. The third-order valence-corrected chi connectivity index (χ3v) is 4.86. The van der Waals surface area contributed by atoms with Crippen LogP contribution in [0.4, 0.5) is 0 Å². The highest BCUT2D eigenvalue weighted by Crippen LogP contribution is 2.22. The third kappa shape index (κ3) is 5.34. The van der Waals surface area contributed by atoms with Crippen molar-refractivity contribution in [1.29, 1.82) is 0 Å². The minimum Gasteiger partial charge on any atom is -0.351 e. The summed E-state index contributed by atoms with van der Waals surface area (Å²) in [5.74, 6) is 2.30. The minimum atomic E-state index is -0.169. The quantitative estimate of drug-likeness (QED) is 0.808. The van der Waals surface area contributed by atoms with Crippen molar-refractivity contribution >= 4 is 36.0 Å². The molecule has 2 saturated heterocycles. The summed E-state index contributed by atoms with van der Waals surface area (Å²) < 4.78 is 0. The summed E-state index contributed by atoms with van der Waals surface area (Å²) in [4.78, 5) is 25.9. The molecule has 2 N–H and O–H groups in total. The zero-order valence-electron chi connectivity index (χ0n) is 13.0. The molecule has 2 rings (SSSR count). The first kappa shape index (κ1) is 18.6. The Morgan fingerprint density at radius 3 is 2.71 bits per heavy atom. The van der Waals surface area contributed by atoms with Gasteiger partial charge in [0.15, 0.2) is 0 Å². The van der Waals surface area contributed by atoms with Gasteiger partial charge in [-0.1, -0.05) is 0 Å². The van der Waals surface area contributed by atoms with Crippen molar-refractivity contribution in [2.75, 3.05) is 24.6 Å². The molecule has 0 aromatic heterocycles. The van der Waals surface area contributed by atoms with Gasteiger partial charge in [0.25, 0.3) is 0 Å². The lowest BCUT2D eigenvalue weighted by Gasteiger charge is -2.32. The number of hydrogen-bond donors (Lipinski definition) is 2. The van der Waals surface area contributed by atoms with Gasteiger partial charge in [-0.05, 0) is 20.8 Å². The molecule has 0 aromatic rings. The molecule has 0 aromatic carbocycles. The van der Waals surface area contributed by atoms with E-state index in [-0.39, 0.29) is 41.8 Å². The molecule has 2 amide bonds. The number of hydrogen-bond acceptors (Lipinski definition) is 4. The van der Waals surface area contributed by atoms with Crippen LogP contribution in [-0.4, -0.2) is 58.9 Å². The van der Waals surface area contributed by atoms with Gasteiger partial charge in [-0.15, -0.1) is 12.4 Å². The van der Waals surface area contributed by atoms with Crippen LogP contribution in [0.25, 0.3) is 0 Å². The first-order chi connectivity index (χ1) is 9.36. The number of carbonyl (C=O) groups excluding carboxylic acids is 2. The summed E-state index contributed by atoms with van der Waals surface area (Å²) in [6.45, 7) is 7.68. The molecule has 2 fully saturated rings. The first-order valence-corrected chi connectivity index (χ1v) is 8.42. The summed E-state index contributed by atoms with van der Waals surface area (Å²) in [6, 6.07) is 0.232. The largest absolute Gasteiger partial charge is 0.351 e. The van der Waals surface area contributed by atoms with E-state index in [1.165, 1.54) is 0 Å². The van der Waals surface area contributed by atoms with Gasteiger partial charge in [0.1, 0.15) is 0 Å². The van der Waals surface area contributed by atoms with Crippen LogP contribution in [0.3, 0.4) is 0 Å². The molecule has 2 aliphatic heterocycles. The third-order valence-electron chi connectivity index (χ3n) is 3.73. The number of rotatable bonds is 3. The Morgan fingerprint density at radius 2 is 2.19 bits per heavy atom. The van der Waals surface area contributed by atoms with Crippen LogP contribution < -0.4 is 10.6 Å². The van der Waals surface area contributed by atoms with Crippen LogP contribution in [0.5, 0.6) is 0 Å². The van der Waals surface area contributed by atoms with E-state index in [1.807, 2.05) is 37.4 Å². The fraction of sp³-hybridized carbons (Fsp3) is 0.857. The molecular weight excluding hydrogens is 310 g/mol. The molecule has 7 heteroatoms. The molecule has 0 bridgehead atoms. The van der Waals surface area contributed by atoms with Crippen molar-refractivity contribution in [2.45, 2.75) is 51.2 Å². The van der Waals surface area contributed by atoms with Crippen LogP contribution in [-0.2, 0) is 9.59 Å². The van der Waals surface area contributed by atoms with E-state index in [2.05, 4.69) is 10.6 Å². The van der Waals surface area contributed by atoms with Crippen molar-refractivity contribution in [2.24, 2.45) is 0 Å². The van der Waals surface area contributed by atoms with Crippen LogP contribution in [0.1, 0.15) is 33.6 Å². The van der Waals surface area contributed by atoms with Gasteiger partial charge in [0.2, 0.25) is 11.8 Å². The van der Waals surface area contributed by atoms with Crippen LogP contribution in [0.15, 0.2) is 0 Å². The lowest BCUT2D eigenvalue weighted by molar-refractivity contribution is -0.131. The van der Waals surface area contributed by atoms with Gasteiger partial charge < -0.3 is 15.5 Å². The molecule has 5 nitrogen and oxygen atoms in total. The van der Waals surface area contributed by atoms with Gasteiger partial charge in [0.05, 0.1) is 6.04 Å². The number of likely N-dealkylation sites (tertiary alicyclic amines) is 1. The van der Waals surface area contributed by atoms with Crippen molar-refractivity contribution in [3.05, 3.63) is 0 Å². The number of nitrogens with zero attached hydrogens (tertiary/aromatic N) is 1. The molecule has 0 aliphatic carbocycles. The molecule has 2 heterocycles. The molecular formula is C14H26ClN3O2S. The highest BCUT2D eigenvalue weighted by Gasteiger charge is 2.36. The van der Waals surface area contributed by atoms with E-state index >= 15 is 0 Å². The second-order valence-corrected chi connectivity index (χ2v) is 7.72. The maximum Gasteiger partial charge on any atom is 0.225 e. The van der Waals surface area contributed by atoms with Gasteiger partial charge in [0, 0.05) is 49.0 Å². The fourth-order valence-electron chi connectivity index (χ4n) is 2.71. The van der Waals surface area contributed by atoms with E-state index in [0.29, 0.717) is 19.4 Å². The van der Waals surface area contributed by atoms with E-state index in [1.54, 1.807) is 0 Å². The molecule has 122 valence electrons. The Balaban J connectivity index is 0.00000220. The maximum absolute atomic E-state index is 12.0. The fourth-order valence-corrected chi connectivity index (χ4v) is 3.66. The first-order valence-electron chi connectivity index (χ1n) is 7.27. The van der Waals surface area contributed by atoms with Gasteiger partial charge in [-0.2, -0.15) is 11.8 Å². The topological polar surface area (TPSA) is 61.4 Å². The standard InChI is InChI=1S/C14H25N3O2S.ClH/c1-14(2,3)17-8-10(7-13(17)19)16-12(18)6-11-9-20-5-4-15-11;/h10-11,15H,4-9H2,1-3H3,(H,16,18);1H. The van der Waals surface area contributed by atoms with Crippen LogP contribution in [0, 0.1) is 0 Å². The minimum absolute atomic E-state index is 0. The predicted molar refractivity (Wildman–Crippen MR) is 89.0 cm³/mol. The van der Waals surface area contributed by atoms with Gasteiger partial charge >= 0.3 is 0 Å². The number of nitrogens with one attached hydrogen (secondary N) is 2. The Labute approximate surface area is 137 Å². The normalized spacial score (nSPS) is 26.4. The highest BCUT2D eigenvalue weighted by molar-refractivity contribution is 7.99. The monoisotopic (exact) mass is 335 g/mol. The van der Waals surface area contributed by atoms with Crippen molar-refractivity contribution < 1.29 is 9.59 Å². The van der Waals surface area contributed by atoms with Gasteiger partial charge in [-0.3, -0.25) is 9.59 Å². The summed E-state index contributed by atoms with van der Waals surface area (Å²) in [5, 5.41) is 6.37. The molecule has 2 aliphatic rings. The van der Waals surface area contributed by atoms with E-state index < -0.39 is 0 Å². The Hall–Kier alpha value is -0.460. The van der Waals surface area contributed by atoms with Crippen molar-refractivity contribution in [3.63, 3.8) is 0 Å². The summed E-state index contributed by atoms with van der Waals surface area (Å²) in [6.07, 6.45) is 0.934. The lowest BCUT2D eigenvalue weighted by atomic mass is 10.1. The predicted octanol–water partition coefficient (Wildman–Crippen LogP) is 1.02. The molecule has 2 unspecified atom stereocenters. The number of thioether (sulfide) groups is 1. The second-order valence-electron chi connectivity index (χ2n) is 6.57. The lowest BCUT2D eigenvalue weighted by Crippen LogP contribution is -2.46. The average molecular weight is 336 g/mol. The Bertz CT molecular complexity index is 381. The van der Waals surface area contributed by atoms with E-state index in [0.717, 1.165) is 18.1 Å². The zero-order valence-corrected chi connectivity index (χ0v) is 14.6. The number of halogens is 1. The second kappa shape index (κ2) is 7.70. The average Bonchev–Trinajstić information content (AvgIpc) is 2.71. The van der Waals surface area contributed by atoms with Crippen LogP contribution in [0.2, 0.25) is 0 Å². The van der Waals surface area contributed by atoms with Crippen molar-refractivity contribution in [1.82, 2.24) is 15.5 Å². The smallest absolute Gasteiger partial charge is 0.225 e. The summed E-state index contributed by atoms with van der Waals surface area (Å²) >= 11 is 1.89. The maximum atomic E-state index is 12.0. The number of carbonyl (C=O) groups is 2. The Kier molecular flexibility index (Phi) is 6.81. The zero-order chi connectivity index (χ0) is 14.8. The number of amides is 2. The van der Waals surface area contributed by atoms with Crippen molar-refractivity contribution in [3.8, 4) is 0 Å².